The zero-order valence-corrected chi connectivity index (χ0v) is 11.9. The van der Waals surface area contributed by atoms with Gasteiger partial charge in [-0.05, 0) is 37.5 Å². The highest BCUT2D eigenvalue weighted by Gasteiger charge is 2.34. The molecule has 0 radical (unpaired) electrons. The Morgan fingerprint density at radius 1 is 1.39 bits per heavy atom. The molecule has 0 amide bonds. The van der Waals surface area contributed by atoms with Gasteiger partial charge in [-0.25, -0.2) is 0 Å². The summed E-state index contributed by atoms with van der Waals surface area (Å²) in [6.45, 7) is 8.08. The molecule has 18 heavy (non-hydrogen) atoms. The lowest BCUT2D eigenvalue weighted by Gasteiger charge is -2.33. The van der Waals surface area contributed by atoms with Crippen LogP contribution < -0.4 is 5.73 Å². The summed E-state index contributed by atoms with van der Waals surface area (Å²) in [5.74, 6) is -0.229. The fourth-order valence-electron chi connectivity index (χ4n) is 1.99. The van der Waals surface area contributed by atoms with E-state index >= 15 is 0 Å². The third kappa shape index (κ3) is 2.91. The maximum Gasteiger partial charge on any atom is 0.306 e. The number of carbonyl (C=O) groups is 1. The molecule has 1 aromatic carbocycles. The first-order valence-corrected chi connectivity index (χ1v) is 6.21. The minimum atomic E-state index is -0.397. The van der Waals surface area contributed by atoms with E-state index in [-0.39, 0.29) is 12.0 Å². The highest BCUT2D eigenvalue weighted by molar-refractivity contribution is 5.71. The number of aryl methyl sites for hydroxylation is 2. The normalized spacial score (nSPS) is 15.9. The van der Waals surface area contributed by atoms with E-state index < -0.39 is 5.41 Å². The van der Waals surface area contributed by atoms with Crippen molar-refractivity contribution in [1.82, 2.24) is 0 Å². The van der Waals surface area contributed by atoms with Gasteiger partial charge < -0.3 is 10.5 Å². The van der Waals surface area contributed by atoms with Gasteiger partial charge >= 0.3 is 5.97 Å². The van der Waals surface area contributed by atoms with Crippen molar-refractivity contribution in [1.29, 1.82) is 0 Å². The first-order chi connectivity index (χ1) is 8.31. The van der Waals surface area contributed by atoms with Crippen molar-refractivity contribution in [2.24, 2.45) is 5.73 Å². The Morgan fingerprint density at radius 2 is 2.00 bits per heavy atom. The first kappa shape index (κ1) is 14.7. The predicted octanol–water partition coefficient (Wildman–Crippen LogP) is 2.47. The van der Waals surface area contributed by atoms with Crippen LogP contribution in [-0.4, -0.2) is 19.1 Å². The van der Waals surface area contributed by atoms with Crippen LogP contribution in [0.5, 0.6) is 0 Å². The van der Waals surface area contributed by atoms with Crippen LogP contribution in [0.25, 0.3) is 0 Å². The predicted molar refractivity (Wildman–Crippen MR) is 73.6 cm³/mol. The molecule has 2 unspecified atom stereocenters. The highest BCUT2D eigenvalue weighted by Crippen LogP contribution is 2.32. The van der Waals surface area contributed by atoms with E-state index in [0.29, 0.717) is 6.42 Å². The lowest BCUT2D eigenvalue weighted by Crippen LogP contribution is -2.43. The van der Waals surface area contributed by atoms with Crippen molar-refractivity contribution in [3.63, 3.8) is 0 Å². The minimum absolute atomic E-state index is 0.126. The smallest absolute Gasteiger partial charge is 0.306 e. The number of nitrogens with two attached hydrogens (primary N) is 1. The summed E-state index contributed by atoms with van der Waals surface area (Å²) in [5.41, 5.74) is 9.23. The molecule has 0 aromatic heterocycles. The second-order valence-corrected chi connectivity index (χ2v) is 5.26. The van der Waals surface area contributed by atoms with Gasteiger partial charge in [0.2, 0.25) is 0 Å². The number of hydrogen-bond donors (Lipinski definition) is 1. The summed E-state index contributed by atoms with van der Waals surface area (Å²) >= 11 is 0. The Bertz CT molecular complexity index is 440. The average Bonchev–Trinajstić information content (AvgIpc) is 2.31. The largest absolute Gasteiger partial charge is 0.469 e. The second kappa shape index (κ2) is 5.53. The van der Waals surface area contributed by atoms with E-state index in [9.17, 15) is 4.79 Å². The molecule has 0 saturated carbocycles. The number of hydrogen-bond acceptors (Lipinski definition) is 3. The number of benzene rings is 1. The average molecular weight is 249 g/mol. The summed E-state index contributed by atoms with van der Waals surface area (Å²) in [7, 11) is 1.41. The monoisotopic (exact) mass is 249 g/mol. The van der Waals surface area contributed by atoms with E-state index in [1.807, 2.05) is 13.8 Å². The maximum atomic E-state index is 11.6. The van der Waals surface area contributed by atoms with Crippen molar-refractivity contribution in [2.75, 3.05) is 7.11 Å². The van der Waals surface area contributed by atoms with E-state index in [0.717, 1.165) is 5.56 Å². The van der Waals surface area contributed by atoms with Crippen molar-refractivity contribution in [3.05, 3.63) is 34.9 Å². The van der Waals surface area contributed by atoms with Crippen LogP contribution >= 0.6 is 0 Å². The molecule has 0 saturated heterocycles. The number of ether oxygens (including phenoxy) is 1. The molecule has 0 fully saturated rings. The number of methoxy groups -OCH3 is 1. The zero-order valence-electron chi connectivity index (χ0n) is 11.9. The van der Waals surface area contributed by atoms with Crippen molar-refractivity contribution in [2.45, 2.75) is 45.6 Å². The fraction of sp³-hybridized carbons (Fsp3) is 0.533. The Labute approximate surface area is 109 Å². The van der Waals surface area contributed by atoms with Crippen LogP contribution in [-0.2, 0) is 14.9 Å². The van der Waals surface area contributed by atoms with Crippen LogP contribution in [0.15, 0.2) is 18.2 Å². The topological polar surface area (TPSA) is 52.3 Å². The van der Waals surface area contributed by atoms with Gasteiger partial charge in [0.1, 0.15) is 0 Å². The van der Waals surface area contributed by atoms with Gasteiger partial charge in [0.15, 0.2) is 0 Å². The summed E-state index contributed by atoms with van der Waals surface area (Å²) in [5, 5.41) is 0. The molecule has 100 valence electrons. The Morgan fingerprint density at radius 3 is 2.44 bits per heavy atom. The third-order valence-corrected chi connectivity index (χ3v) is 3.91. The number of esters is 1. The summed E-state index contributed by atoms with van der Waals surface area (Å²) < 4.78 is 4.78. The maximum absolute atomic E-state index is 11.6. The van der Waals surface area contributed by atoms with E-state index in [4.69, 9.17) is 10.5 Å². The lowest BCUT2D eigenvalue weighted by molar-refractivity contribution is -0.142. The minimum Gasteiger partial charge on any atom is -0.469 e. The molecule has 0 heterocycles. The van der Waals surface area contributed by atoms with Crippen LogP contribution in [0, 0.1) is 13.8 Å². The Kier molecular flexibility index (Phi) is 4.52. The van der Waals surface area contributed by atoms with E-state index in [1.54, 1.807) is 0 Å². The molecular weight excluding hydrogens is 226 g/mol. The van der Waals surface area contributed by atoms with Crippen molar-refractivity contribution < 1.29 is 9.53 Å². The van der Waals surface area contributed by atoms with Gasteiger partial charge in [0, 0.05) is 11.5 Å². The first-order valence-electron chi connectivity index (χ1n) is 6.21. The van der Waals surface area contributed by atoms with Gasteiger partial charge in [0.05, 0.1) is 13.5 Å². The van der Waals surface area contributed by atoms with Crippen LogP contribution in [0.3, 0.4) is 0 Å². The zero-order chi connectivity index (χ0) is 13.9. The molecular formula is C15H23NO2. The lowest BCUT2D eigenvalue weighted by atomic mass is 9.73. The molecule has 0 aliphatic rings. The molecule has 0 aliphatic carbocycles. The Balaban J connectivity index is 3.18. The van der Waals surface area contributed by atoms with E-state index in [2.05, 4.69) is 32.0 Å². The van der Waals surface area contributed by atoms with Gasteiger partial charge in [-0.1, -0.05) is 25.1 Å². The molecule has 1 rings (SSSR count). The second-order valence-electron chi connectivity index (χ2n) is 5.26. The highest BCUT2D eigenvalue weighted by atomic mass is 16.5. The van der Waals surface area contributed by atoms with Gasteiger partial charge in [0.25, 0.3) is 0 Å². The molecule has 1 aromatic rings. The molecule has 0 spiro atoms. The van der Waals surface area contributed by atoms with Gasteiger partial charge in [-0.3, -0.25) is 4.79 Å². The molecule has 0 bridgehead atoms. The van der Waals surface area contributed by atoms with Crippen LogP contribution in [0.2, 0.25) is 0 Å². The van der Waals surface area contributed by atoms with Crippen molar-refractivity contribution >= 4 is 5.97 Å². The van der Waals surface area contributed by atoms with Gasteiger partial charge in [-0.2, -0.15) is 0 Å². The summed E-state index contributed by atoms with van der Waals surface area (Å²) in [6.07, 6.45) is 0.295. The fourth-order valence-corrected chi connectivity index (χ4v) is 1.99. The Hall–Kier alpha value is -1.35. The third-order valence-electron chi connectivity index (χ3n) is 3.91. The number of carbonyl (C=O) groups excluding carboxylic acids is 1. The number of rotatable bonds is 4. The SMILES string of the molecule is COC(=O)CC(C)(c1ccc(C)c(C)c1)C(C)N. The summed E-state index contributed by atoms with van der Waals surface area (Å²) in [6, 6.07) is 6.11. The summed E-state index contributed by atoms with van der Waals surface area (Å²) in [4.78, 5) is 11.6. The molecule has 2 N–H and O–H groups in total. The van der Waals surface area contributed by atoms with Crippen molar-refractivity contribution in [3.8, 4) is 0 Å². The van der Waals surface area contributed by atoms with Crippen LogP contribution in [0.1, 0.15) is 37.0 Å². The molecule has 2 atom stereocenters. The molecule has 3 heteroatoms. The standard InChI is InChI=1S/C15H23NO2/c1-10-6-7-13(8-11(10)2)15(4,12(3)16)9-14(17)18-5/h6-8,12H,9,16H2,1-5H3. The van der Waals surface area contributed by atoms with Gasteiger partial charge in [-0.15, -0.1) is 0 Å². The quantitative estimate of drug-likeness (QED) is 0.834. The van der Waals surface area contributed by atoms with E-state index in [1.165, 1.54) is 18.2 Å². The molecule has 3 nitrogen and oxygen atoms in total. The molecule has 0 aliphatic heterocycles. The van der Waals surface area contributed by atoms with Crippen LogP contribution in [0.4, 0.5) is 0 Å².